The number of hydrogen-bond acceptors (Lipinski definition) is 6. The van der Waals surface area contributed by atoms with Crippen molar-refractivity contribution in [2.45, 2.75) is 6.42 Å². The van der Waals surface area contributed by atoms with Crippen LogP contribution in [0.1, 0.15) is 27.3 Å². The van der Waals surface area contributed by atoms with Gasteiger partial charge in [-0.05, 0) is 57.4 Å². The van der Waals surface area contributed by atoms with E-state index in [1.807, 2.05) is 14.1 Å². The molecule has 0 radical (unpaired) electrons. The van der Waals surface area contributed by atoms with Gasteiger partial charge in [0.05, 0.1) is 22.9 Å². The van der Waals surface area contributed by atoms with E-state index in [2.05, 4.69) is 35.5 Å². The van der Waals surface area contributed by atoms with Crippen LogP contribution >= 0.6 is 0 Å². The van der Waals surface area contributed by atoms with E-state index in [9.17, 15) is 9.59 Å². The average molecular weight is 417 g/mol. The number of hydrogen-bond donors (Lipinski definition) is 3. The minimum absolute atomic E-state index is 0.181. The quantitative estimate of drug-likeness (QED) is 0.398. The van der Waals surface area contributed by atoms with Gasteiger partial charge in [-0.15, -0.1) is 0 Å². The lowest BCUT2D eigenvalue weighted by atomic mass is 10.1. The summed E-state index contributed by atoms with van der Waals surface area (Å²) in [5, 5.41) is 6.47. The summed E-state index contributed by atoms with van der Waals surface area (Å²) in [6, 6.07) is 8.66. The number of nitrogens with one attached hydrogen (secondary N) is 3. The number of amides is 2. The largest absolute Gasteiger partial charge is 0.351 e. The van der Waals surface area contributed by atoms with Gasteiger partial charge in [0.15, 0.2) is 0 Å². The Morgan fingerprint density at radius 2 is 1.81 bits per heavy atom. The van der Waals surface area contributed by atoms with Crippen molar-refractivity contribution in [3.05, 3.63) is 60.2 Å². The predicted octanol–water partition coefficient (Wildman–Crippen LogP) is 2.44. The van der Waals surface area contributed by atoms with Crippen molar-refractivity contribution in [3.8, 4) is 0 Å². The number of aromatic nitrogens is 4. The summed E-state index contributed by atoms with van der Waals surface area (Å²) in [4.78, 5) is 42.8. The van der Waals surface area contributed by atoms with Gasteiger partial charge in [0.25, 0.3) is 11.8 Å². The summed E-state index contributed by atoms with van der Waals surface area (Å²) in [5.41, 5.74) is 3.40. The van der Waals surface area contributed by atoms with Gasteiger partial charge in [0.1, 0.15) is 11.3 Å². The SMILES string of the molecule is CN(C)CCCNC(=O)c1cc2cc(NC(=O)c3ccc4nccnc4c3)cnc2[nH]1. The Bertz CT molecular complexity index is 1250. The van der Waals surface area contributed by atoms with E-state index in [4.69, 9.17) is 0 Å². The molecule has 0 saturated heterocycles. The Kier molecular flexibility index (Phi) is 5.85. The van der Waals surface area contributed by atoms with Crippen molar-refractivity contribution in [3.63, 3.8) is 0 Å². The molecule has 31 heavy (non-hydrogen) atoms. The molecule has 0 bridgehead atoms. The van der Waals surface area contributed by atoms with Crippen molar-refractivity contribution in [2.75, 3.05) is 32.5 Å². The normalized spacial score (nSPS) is 11.2. The maximum absolute atomic E-state index is 12.6. The van der Waals surface area contributed by atoms with Gasteiger partial charge in [0, 0.05) is 29.9 Å². The highest BCUT2D eigenvalue weighted by molar-refractivity contribution is 6.06. The standard InChI is InChI=1S/C22H23N7O2/c1-29(2)9-3-6-25-22(31)19-12-15-10-16(13-26-20(15)28-19)27-21(30)14-4-5-17-18(11-14)24-8-7-23-17/h4-5,7-8,10-13H,3,6,9H2,1-2H3,(H,25,31)(H,26,28)(H,27,30). The molecule has 0 aliphatic rings. The third-order valence-electron chi connectivity index (χ3n) is 4.77. The van der Waals surface area contributed by atoms with Crippen LogP contribution < -0.4 is 10.6 Å². The van der Waals surface area contributed by atoms with Crippen molar-refractivity contribution in [1.29, 1.82) is 0 Å². The average Bonchev–Trinajstić information content (AvgIpc) is 3.19. The number of benzene rings is 1. The zero-order valence-corrected chi connectivity index (χ0v) is 17.3. The molecule has 0 aliphatic carbocycles. The molecular formula is C22H23N7O2. The number of anilines is 1. The van der Waals surface area contributed by atoms with E-state index in [1.165, 1.54) is 0 Å². The molecule has 3 heterocycles. The first-order valence-corrected chi connectivity index (χ1v) is 9.93. The van der Waals surface area contributed by atoms with Crippen LogP contribution in [0.25, 0.3) is 22.1 Å². The highest BCUT2D eigenvalue weighted by Crippen LogP contribution is 2.19. The van der Waals surface area contributed by atoms with E-state index in [-0.39, 0.29) is 11.8 Å². The van der Waals surface area contributed by atoms with E-state index in [1.54, 1.807) is 48.9 Å². The maximum atomic E-state index is 12.6. The van der Waals surface area contributed by atoms with Crippen LogP contribution in [0.2, 0.25) is 0 Å². The van der Waals surface area contributed by atoms with Crippen molar-refractivity contribution in [1.82, 2.24) is 30.2 Å². The van der Waals surface area contributed by atoms with Crippen molar-refractivity contribution >= 4 is 39.6 Å². The molecular weight excluding hydrogens is 394 g/mol. The van der Waals surface area contributed by atoms with E-state index in [0.29, 0.717) is 34.7 Å². The second-order valence-electron chi connectivity index (χ2n) is 7.47. The van der Waals surface area contributed by atoms with Gasteiger partial charge in [-0.1, -0.05) is 0 Å². The molecule has 0 spiro atoms. The molecule has 9 nitrogen and oxygen atoms in total. The number of nitrogens with zero attached hydrogens (tertiary/aromatic N) is 4. The molecule has 1 aromatic carbocycles. The summed E-state index contributed by atoms with van der Waals surface area (Å²) >= 11 is 0. The molecule has 0 aliphatic heterocycles. The lowest BCUT2D eigenvalue weighted by Gasteiger charge is -2.09. The number of fused-ring (bicyclic) bond motifs is 2. The van der Waals surface area contributed by atoms with Crippen LogP contribution in [0.5, 0.6) is 0 Å². The zero-order valence-electron chi connectivity index (χ0n) is 17.3. The van der Waals surface area contributed by atoms with Gasteiger partial charge in [-0.2, -0.15) is 0 Å². The molecule has 0 saturated carbocycles. The Morgan fingerprint density at radius 1 is 1.00 bits per heavy atom. The minimum atomic E-state index is -0.275. The third-order valence-corrected chi connectivity index (χ3v) is 4.77. The highest BCUT2D eigenvalue weighted by Gasteiger charge is 2.12. The molecule has 0 unspecified atom stereocenters. The first-order valence-electron chi connectivity index (χ1n) is 9.93. The van der Waals surface area contributed by atoms with Gasteiger partial charge < -0.3 is 20.5 Å². The summed E-state index contributed by atoms with van der Waals surface area (Å²) in [6.45, 7) is 1.50. The van der Waals surface area contributed by atoms with Gasteiger partial charge in [0.2, 0.25) is 0 Å². The van der Waals surface area contributed by atoms with Crippen molar-refractivity contribution in [2.24, 2.45) is 0 Å². The molecule has 0 atom stereocenters. The highest BCUT2D eigenvalue weighted by atomic mass is 16.2. The first-order chi connectivity index (χ1) is 15.0. The lowest BCUT2D eigenvalue weighted by molar-refractivity contribution is 0.0947. The maximum Gasteiger partial charge on any atom is 0.267 e. The second kappa shape index (κ2) is 8.88. The third kappa shape index (κ3) is 4.84. The number of aromatic amines is 1. The summed E-state index contributed by atoms with van der Waals surface area (Å²) in [5.74, 6) is -0.456. The van der Waals surface area contributed by atoms with Gasteiger partial charge >= 0.3 is 0 Å². The second-order valence-corrected chi connectivity index (χ2v) is 7.47. The summed E-state index contributed by atoms with van der Waals surface area (Å²) in [6.07, 6.45) is 5.62. The Morgan fingerprint density at radius 3 is 2.61 bits per heavy atom. The number of H-pyrrole nitrogens is 1. The minimum Gasteiger partial charge on any atom is -0.351 e. The van der Waals surface area contributed by atoms with Gasteiger partial charge in [-0.25, -0.2) is 4.98 Å². The van der Waals surface area contributed by atoms with E-state index < -0.39 is 0 Å². The molecule has 0 fully saturated rings. The van der Waals surface area contributed by atoms with Gasteiger partial charge in [-0.3, -0.25) is 19.6 Å². The number of rotatable bonds is 7. The van der Waals surface area contributed by atoms with E-state index in [0.717, 1.165) is 23.9 Å². The Balaban J connectivity index is 1.44. The summed E-state index contributed by atoms with van der Waals surface area (Å²) < 4.78 is 0. The van der Waals surface area contributed by atoms with Crippen LogP contribution in [-0.2, 0) is 0 Å². The Hall–Kier alpha value is -3.85. The van der Waals surface area contributed by atoms with Crippen LogP contribution in [0, 0.1) is 0 Å². The van der Waals surface area contributed by atoms with Crippen LogP contribution in [0.15, 0.2) is 48.9 Å². The molecule has 4 aromatic rings. The first kappa shape index (κ1) is 20.4. The Labute approximate surface area is 178 Å². The molecule has 9 heteroatoms. The van der Waals surface area contributed by atoms with Crippen molar-refractivity contribution < 1.29 is 9.59 Å². The molecule has 3 N–H and O–H groups in total. The fraction of sp³-hybridized carbons (Fsp3) is 0.227. The van der Waals surface area contributed by atoms with Crippen LogP contribution in [0.4, 0.5) is 5.69 Å². The fourth-order valence-corrected chi connectivity index (χ4v) is 3.21. The molecule has 3 aromatic heterocycles. The molecule has 4 rings (SSSR count). The number of carbonyl (C=O) groups is 2. The molecule has 158 valence electrons. The molecule has 2 amide bonds. The summed E-state index contributed by atoms with van der Waals surface area (Å²) in [7, 11) is 3.99. The van der Waals surface area contributed by atoms with Crippen LogP contribution in [0.3, 0.4) is 0 Å². The smallest absolute Gasteiger partial charge is 0.267 e. The van der Waals surface area contributed by atoms with Crippen LogP contribution in [-0.4, -0.2) is 63.8 Å². The lowest BCUT2D eigenvalue weighted by Crippen LogP contribution is -2.27. The fourth-order valence-electron chi connectivity index (χ4n) is 3.21. The number of carbonyl (C=O) groups excluding carboxylic acids is 2. The predicted molar refractivity (Wildman–Crippen MR) is 119 cm³/mol. The monoisotopic (exact) mass is 417 g/mol. The van der Waals surface area contributed by atoms with E-state index >= 15 is 0 Å². The topological polar surface area (TPSA) is 116 Å². The zero-order chi connectivity index (χ0) is 21.8. The number of pyridine rings is 1.